The number of benzene rings is 1. The summed E-state index contributed by atoms with van der Waals surface area (Å²) in [5.41, 5.74) is 7.62. The highest BCUT2D eigenvalue weighted by molar-refractivity contribution is 5.91. The largest absolute Gasteiger partial charge is 0.465 e. The normalized spacial score (nSPS) is 15.5. The molecule has 2 N–H and O–H groups in total. The fourth-order valence-electron chi connectivity index (χ4n) is 2.52. The van der Waals surface area contributed by atoms with Crippen molar-refractivity contribution in [1.29, 1.82) is 0 Å². The average molecular weight is 297 g/mol. The van der Waals surface area contributed by atoms with Crippen molar-refractivity contribution < 1.29 is 9.21 Å². The number of rotatable bonds is 3. The molecule has 1 aliphatic rings. The van der Waals surface area contributed by atoms with E-state index in [0.29, 0.717) is 18.8 Å². The maximum Gasteiger partial charge on any atom is 0.246 e. The van der Waals surface area contributed by atoms with Gasteiger partial charge in [-0.1, -0.05) is 0 Å². The van der Waals surface area contributed by atoms with Gasteiger partial charge in [0, 0.05) is 43.6 Å². The Morgan fingerprint density at radius 3 is 2.45 bits per heavy atom. The molecule has 2 heterocycles. The third kappa shape index (κ3) is 3.31. The van der Waals surface area contributed by atoms with Gasteiger partial charge in [0.15, 0.2) is 0 Å². The lowest BCUT2D eigenvalue weighted by Crippen LogP contribution is -2.48. The van der Waals surface area contributed by atoms with Crippen LogP contribution in [0.5, 0.6) is 0 Å². The number of nitrogens with two attached hydrogens (primary N) is 1. The first kappa shape index (κ1) is 14.3. The summed E-state index contributed by atoms with van der Waals surface area (Å²) in [6.07, 6.45) is 4.86. The molecule has 0 spiro atoms. The van der Waals surface area contributed by atoms with Crippen molar-refractivity contribution in [2.75, 3.05) is 36.8 Å². The molecule has 0 atom stereocenters. The number of nitrogen functional groups attached to an aromatic ring is 1. The molecular formula is C17H19N3O2. The number of amides is 1. The van der Waals surface area contributed by atoms with Crippen molar-refractivity contribution in [2.45, 2.75) is 0 Å². The highest BCUT2D eigenvalue weighted by atomic mass is 16.3. The summed E-state index contributed by atoms with van der Waals surface area (Å²) in [5, 5.41) is 0. The van der Waals surface area contributed by atoms with Crippen LogP contribution in [-0.4, -0.2) is 37.0 Å². The number of piperazine rings is 1. The van der Waals surface area contributed by atoms with Crippen molar-refractivity contribution in [3.8, 4) is 0 Å². The van der Waals surface area contributed by atoms with Gasteiger partial charge in [-0.15, -0.1) is 0 Å². The zero-order chi connectivity index (χ0) is 15.4. The molecule has 2 aromatic rings. The number of hydrogen-bond donors (Lipinski definition) is 1. The van der Waals surface area contributed by atoms with E-state index in [2.05, 4.69) is 4.90 Å². The van der Waals surface area contributed by atoms with Crippen LogP contribution in [0.3, 0.4) is 0 Å². The van der Waals surface area contributed by atoms with Crippen molar-refractivity contribution in [3.63, 3.8) is 0 Å². The molecule has 114 valence electrons. The molecule has 0 unspecified atom stereocenters. The maximum atomic E-state index is 12.1. The van der Waals surface area contributed by atoms with Crippen LogP contribution >= 0.6 is 0 Å². The van der Waals surface area contributed by atoms with E-state index < -0.39 is 0 Å². The first-order chi connectivity index (χ1) is 10.7. The average Bonchev–Trinajstić information content (AvgIpc) is 3.07. The predicted octanol–water partition coefficient (Wildman–Crippen LogP) is 2.22. The van der Waals surface area contributed by atoms with Crippen LogP contribution in [0.25, 0.3) is 6.08 Å². The Bertz CT molecular complexity index is 639. The number of hydrogen-bond acceptors (Lipinski definition) is 4. The molecule has 1 aromatic heterocycles. The Hall–Kier alpha value is -2.69. The number of anilines is 2. The third-order valence-corrected chi connectivity index (χ3v) is 3.78. The quantitative estimate of drug-likeness (QED) is 0.697. The zero-order valence-corrected chi connectivity index (χ0v) is 12.3. The van der Waals surface area contributed by atoms with Crippen LogP contribution in [0.15, 0.2) is 53.2 Å². The fourth-order valence-corrected chi connectivity index (χ4v) is 2.52. The predicted molar refractivity (Wildman–Crippen MR) is 87.4 cm³/mol. The molecule has 0 bridgehead atoms. The van der Waals surface area contributed by atoms with Gasteiger partial charge in [-0.25, -0.2) is 0 Å². The van der Waals surface area contributed by atoms with Crippen LogP contribution in [-0.2, 0) is 4.79 Å². The van der Waals surface area contributed by atoms with Gasteiger partial charge in [0.25, 0.3) is 0 Å². The standard InChI is InChI=1S/C17H19N3O2/c18-14-3-5-15(6-4-14)19-9-11-20(12-10-19)17(21)8-7-16-2-1-13-22-16/h1-8,13H,9-12,18H2/b8-7+. The summed E-state index contributed by atoms with van der Waals surface area (Å²) in [4.78, 5) is 16.3. The van der Waals surface area contributed by atoms with Gasteiger partial charge in [0.1, 0.15) is 5.76 Å². The summed E-state index contributed by atoms with van der Waals surface area (Å²) in [7, 11) is 0. The van der Waals surface area contributed by atoms with Crippen LogP contribution in [0, 0.1) is 0 Å². The highest BCUT2D eigenvalue weighted by Crippen LogP contribution is 2.18. The molecule has 22 heavy (non-hydrogen) atoms. The molecule has 1 aromatic carbocycles. The van der Waals surface area contributed by atoms with Gasteiger partial charge in [0.2, 0.25) is 5.91 Å². The number of carbonyl (C=O) groups is 1. The van der Waals surface area contributed by atoms with E-state index in [1.54, 1.807) is 24.5 Å². The molecule has 0 radical (unpaired) electrons. The number of carbonyl (C=O) groups excluding carboxylic acids is 1. The Kier molecular flexibility index (Phi) is 4.14. The van der Waals surface area contributed by atoms with E-state index in [-0.39, 0.29) is 5.91 Å². The van der Waals surface area contributed by atoms with Crippen molar-refractivity contribution in [2.24, 2.45) is 0 Å². The smallest absolute Gasteiger partial charge is 0.246 e. The molecule has 3 rings (SSSR count). The fraction of sp³-hybridized carbons (Fsp3) is 0.235. The maximum absolute atomic E-state index is 12.1. The van der Waals surface area contributed by atoms with Crippen LogP contribution in [0.2, 0.25) is 0 Å². The second kappa shape index (κ2) is 6.39. The van der Waals surface area contributed by atoms with Crippen LogP contribution < -0.4 is 10.6 Å². The van der Waals surface area contributed by atoms with Gasteiger partial charge in [-0.05, 0) is 42.5 Å². The molecule has 1 aliphatic heterocycles. The topological polar surface area (TPSA) is 62.7 Å². The van der Waals surface area contributed by atoms with E-state index >= 15 is 0 Å². The van der Waals surface area contributed by atoms with Gasteiger partial charge >= 0.3 is 0 Å². The van der Waals surface area contributed by atoms with Crippen molar-refractivity contribution in [1.82, 2.24) is 4.90 Å². The second-order valence-corrected chi connectivity index (χ2v) is 5.25. The van der Waals surface area contributed by atoms with Crippen LogP contribution in [0.1, 0.15) is 5.76 Å². The molecule has 5 heteroatoms. The third-order valence-electron chi connectivity index (χ3n) is 3.78. The van der Waals surface area contributed by atoms with E-state index in [9.17, 15) is 4.79 Å². The minimum atomic E-state index is 0.0216. The summed E-state index contributed by atoms with van der Waals surface area (Å²) in [5.74, 6) is 0.710. The SMILES string of the molecule is Nc1ccc(N2CCN(C(=O)/C=C/c3ccco3)CC2)cc1. The highest BCUT2D eigenvalue weighted by Gasteiger charge is 2.19. The molecule has 1 fully saturated rings. The van der Waals surface area contributed by atoms with Gasteiger partial charge in [-0.2, -0.15) is 0 Å². The van der Waals surface area contributed by atoms with Crippen molar-refractivity contribution in [3.05, 3.63) is 54.5 Å². The Morgan fingerprint density at radius 2 is 1.82 bits per heavy atom. The van der Waals surface area contributed by atoms with Gasteiger partial charge in [0.05, 0.1) is 6.26 Å². The molecule has 0 saturated carbocycles. The lowest BCUT2D eigenvalue weighted by molar-refractivity contribution is -0.126. The molecular weight excluding hydrogens is 278 g/mol. The number of nitrogens with zero attached hydrogens (tertiary/aromatic N) is 2. The van der Waals surface area contributed by atoms with Crippen LogP contribution in [0.4, 0.5) is 11.4 Å². The summed E-state index contributed by atoms with van der Waals surface area (Å²) in [6, 6.07) is 11.5. The molecule has 5 nitrogen and oxygen atoms in total. The number of furan rings is 1. The second-order valence-electron chi connectivity index (χ2n) is 5.25. The van der Waals surface area contributed by atoms with Gasteiger partial charge in [-0.3, -0.25) is 4.79 Å². The Morgan fingerprint density at radius 1 is 1.09 bits per heavy atom. The zero-order valence-electron chi connectivity index (χ0n) is 12.3. The first-order valence-corrected chi connectivity index (χ1v) is 7.33. The monoisotopic (exact) mass is 297 g/mol. The molecule has 1 amide bonds. The lowest BCUT2D eigenvalue weighted by Gasteiger charge is -2.35. The summed E-state index contributed by atoms with van der Waals surface area (Å²) in [6.45, 7) is 3.08. The molecule has 1 saturated heterocycles. The van der Waals surface area contributed by atoms with E-state index in [4.69, 9.17) is 10.2 Å². The Balaban J connectivity index is 1.55. The van der Waals surface area contributed by atoms with E-state index in [0.717, 1.165) is 24.5 Å². The van der Waals surface area contributed by atoms with E-state index in [1.165, 1.54) is 0 Å². The summed E-state index contributed by atoms with van der Waals surface area (Å²) < 4.78 is 5.18. The lowest BCUT2D eigenvalue weighted by atomic mass is 10.2. The van der Waals surface area contributed by atoms with E-state index in [1.807, 2.05) is 35.2 Å². The van der Waals surface area contributed by atoms with Gasteiger partial charge < -0.3 is 20.0 Å². The molecule has 0 aliphatic carbocycles. The summed E-state index contributed by atoms with van der Waals surface area (Å²) >= 11 is 0. The minimum absolute atomic E-state index is 0.0216. The van der Waals surface area contributed by atoms with Crippen molar-refractivity contribution >= 4 is 23.4 Å². The first-order valence-electron chi connectivity index (χ1n) is 7.33. The Labute approximate surface area is 129 Å². The minimum Gasteiger partial charge on any atom is -0.465 e.